The summed E-state index contributed by atoms with van der Waals surface area (Å²) in [6.07, 6.45) is 1.53. The van der Waals surface area contributed by atoms with E-state index in [0.29, 0.717) is 36.7 Å². The molecule has 2 aromatic rings. The van der Waals surface area contributed by atoms with E-state index >= 15 is 0 Å². The Morgan fingerprint density at radius 2 is 2.22 bits per heavy atom. The van der Waals surface area contributed by atoms with Crippen LogP contribution in [0.1, 0.15) is 59.2 Å². The highest BCUT2D eigenvalue weighted by Crippen LogP contribution is 2.26. The molecule has 3 rings (SSSR count). The lowest BCUT2D eigenvalue weighted by molar-refractivity contribution is -0.0265. The van der Waals surface area contributed by atoms with E-state index in [2.05, 4.69) is 15.1 Å². The van der Waals surface area contributed by atoms with Crippen molar-refractivity contribution in [2.45, 2.75) is 39.7 Å². The molecule has 1 aliphatic rings. The normalized spacial score (nSPS) is 18.7. The Balaban J connectivity index is 1.81. The number of carbonyl (C=O) groups excluding carboxylic acids is 1. The summed E-state index contributed by atoms with van der Waals surface area (Å²) in [6, 6.07) is 0. The number of rotatable bonds is 3. The van der Waals surface area contributed by atoms with Gasteiger partial charge in [-0.1, -0.05) is 19.0 Å². The molecule has 7 nitrogen and oxygen atoms in total. The summed E-state index contributed by atoms with van der Waals surface area (Å²) in [5, 5.41) is 4.04. The van der Waals surface area contributed by atoms with Crippen LogP contribution in [0.3, 0.4) is 0 Å². The highest BCUT2D eigenvalue weighted by Gasteiger charge is 2.31. The number of morpholine rings is 1. The Kier molecular flexibility index (Phi) is 4.21. The number of aryl methyl sites for hydroxylation is 2. The summed E-state index contributed by atoms with van der Waals surface area (Å²) in [5.41, 5.74) is 2.27. The standard InChI is InChI=1S/C16H22N4O3/c1-9(2)14-13(11(4)23-19-14)16(21)20-5-6-22-12(8-20)15-17-7-10(3)18-15/h7,9,12H,5-6,8H2,1-4H3,(H,17,18)/t12-/m0/s1. The van der Waals surface area contributed by atoms with E-state index in [9.17, 15) is 4.79 Å². The fourth-order valence-corrected chi connectivity index (χ4v) is 2.80. The van der Waals surface area contributed by atoms with Crippen LogP contribution in [0, 0.1) is 13.8 Å². The number of amides is 1. The van der Waals surface area contributed by atoms with Crippen molar-refractivity contribution in [1.82, 2.24) is 20.0 Å². The number of hydrogen-bond donors (Lipinski definition) is 1. The van der Waals surface area contributed by atoms with Crippen molar-refractivity contribution in [3.8, 4) is 0 Å². The van der Waals surface area contributed by atoms with Gasteiger partial charge in [0.05, 0.1) is 18.8 Å². The Labute approximate surface area is 135 Å². The number of ether oxygens (including phenoxy) is 1. The van der Waals surface area contributed by atoms with Crippen LogP contribution >= 0.6 is 0 Å². The first-order chi connectivity index (χ1) is 11.0. The quantitative estimate of drug-likeness (QED) is 0.939. The van der Waals surface area contributed by atoms with E-state index in [1.165, 1.54) is 0 Å². The van der Waals surface area contributed by atoms with Crippen molar-refractivity contribution in [1.29, 1.82) is 0 Å². The van der Waals surface area contributed by atoms with Gasteiger partial charge in [0.1, 0.15) is 23.3 Å². The van der Waals surface area contributed by atoms with E-state index in [1.807, 2.05) is 20.8 Å². The minimum atomic E-state index is -0.232. The molecule has 7 heteroatoms. The molecule has 0 aliphatic carbocycles. The van der Waals surface area contributed by atoms with Gasteiger partial charge in [0.15, 0.2) is 0 Å². The predicted octanol–water partition coefficient (Wildman–Crippen LogP) is 2.35. The summed E-state index contributed by atoms with van der Waals surface area (Å²) in [5.74, 6) is 1.40. The Hall–Kier alpha value is -2.15. The zero-order valence-electron chi connectivity index (χ0n) is 13.9. The third-order valence-corrected chi connectivity index (χ3v) is 4.03. The second kappa shape index (κ2) is 6.16. The zero-order chi connectivity index (χ0) is 16.6. The Morgan fingerprint density at radius 3 is 2.87 bits per heavy atom. The lowest BCUT2D eigenvalue weighted by Crippen LogP contribution is -2.43. The number of hydrogen-bond acceptors (Lipinski definition) is 5. The van der Waals surface area contributed by atoms with Gasteiger partial charge in [0.25, 0.3) is 5.91 Å². The van der Waals surface area contributed by atoms with Crippen LogP contribution in [-0.4, -0.2) is 45.6 Å². The fourth-order valence-electron chi connectivity index (χ4n) is 2.80. The molecule has 1 amide bonds. The number of carbonyl (C=O) groups is 1. The van der Waals surface area contributed by atoms with Crippen LogP contribution < -0.4 is 0 Å². The van der Waals surface area contributed by atoms with Gasteiger partial charge in [-0.05, 0) is 19.8 Å². The van der Waals surface area contributed by atoms with Crippen molar-refractivity contribution in [3.63, 3.8) is 0 Å². The van der Waals surface area contributed by atoms with Crippen LogP contribution in [0.2, 0.25) is 0 Å². The first-order valence-electron chi connectivity index (χ1n) is 7.86. The molecule has 3 heterocycles. The molecule has 0 bridgehead atoms. The highest BCUT2D eigenvalue weighted by molar-refractivity contribution is 5.96. The van der Waals surface area contributed by atoms with Gasteiger partial charge in [0, 0.05) is 18.4 Å². The monoisotopic (exact) mass is 318 g/mol. The molecule has 124 valence electrons. The molecule has 0 aromatic carbocycles. The third kappa shape index (κ3) is 3.01. The van der Waals surface area contributed by atoms with E-state index in [4.69, 9.17) is 9.26 Å². The molecule has 1 atom stereocenters. The average molecular weight is 318 g/mol. The van der Waals surface area contributed by atoms with E-state index < -0.39 is 0 Å². The molecule has 2 aromatic heterocycles. The van der Waals surface area contributed by atoms with Crippen molar-refractivity contribution >= 4 is 5.91 Å². The van der Waals surface area contributed by atoms with Gasteiger partial charge in [-0.15, -0.1) is 0 Å². The van der Waals surface area contributed by atoms with Crippen molar-refractivity contribution in [2.24, 2.45) is 0 Å². The van der Waals surface area contributed by atoms with Crippen LogP contribution in [0.25, 0.3) is 0 Å². The van der Waals surface area contributed by atoms with Gasteiger partial charge in [-0.25, -0.2) is 4.98 Å². The highest BCUT2D eigenvalue weighted by atomic mass is 16.5. The Morgan fingerprint density at radius 1 is 1.43 bits per heavy atom. The lowest BCUT2D eigenvalue weighted by Gasteiger charge is -2.32. The molecule has 0 spiro atoms. The van der Waals surface area contributed by atoms with E-state index in [-0.39, 0.29) is 17.9 Å². The first kappa shape index (κ1) is 15.7. The first-order valence-corrected chi connectivity index (χ1v) is 7.86. The number of nitrogens with one attached hydrogen (secondary N) is 1. The fraction of sp³-hybridized carbons (Fsp3) is 0.562. The van der Waals surface area contributed by atoms with E-state index in [1.54, 1.807) is 18.0 Å². The number of nitrogens with zero attached hydrogens (tertiary/aromatic N) is 3. The topological polar surface area (TPSA) is 84.2 Å². The van der Waals surface area contributed by atoms with Gasteiger partial charge in [0.2, 0.25) is 0 Å². The summed E-state index contributed by atoms with van der Waals surface area (Å²) >= 11 is 0. The molecule has 23 heavy (non-hydrogen) atoms. The molecule has 1 saturated heterocycles. The smallest absolute Gasteiger partial charge is 0.259 e. The summed E-state index contributed by atoms with van der Waals surface area (Å²) < 4.78 is 11.0. The van der Waals surface area contributed by atoms with Crippen molar-refractivity contribution < 1.29 is 14.1 Å². The number of aromatic nitrogens is 3. The van der Waals surface area contributed by atoms with Crippen LogP contribution in [0.15, 0.2) is 10.7 Å². The molecule has 0 unspecified atom stereocenters. The summed E-state index contributed by atoms with van der Waals surface area (Å²) in [4.78, 5) is 22.2. The van der Waals surface area contributed by atoms with Crippen molar-refractivity contribution in [2.75, 3.05) is 19.7 Å². The Bertz CT molecular complexity index is 704. The second-order valence-corrected chi connectivity index (χ2v) is 6.22. The molecular weight excluding hydrogens is 296 g/mol. The average Bonchev–Trinajstić information content (AvgIpc) is 3.13. The van der Waals surface area contributed by atoms with Gasteiger partial charge in [-0.2, -0.15) is 0 Å². The molecule has 0 saturated carbocycles. The molecule has 1 aliphatic heterocycles. The maximum absolute atomic E-state index is 12.9. The minimum absolute atomic E-state index is 0.0518. The van der Waals surface area contributed by atoms with Gasteiger partial charge >= 0.3 is 0 Å². The largest absolute Gasteiger partial charge is 0.367 e. The maximum Gasteiger partial charge on any atom is 0.259 e. The minimum Gasteiger partial charge on any atom is -0.367 e. The van der Waals surface area contributed by atoms with Crippen LogP contribution in [0.5, 0.6) is 0 Å². The van der Waals surface area contributed by atoms with Crippen LogP contribution in [0.4, 0.5) is 0 Å². The zero-order valence-corrected chi connectivity index (χ0v) is 13.9. The number of H-pyrrole nitrogens is 1. The van der Waals surface area contributed by atoms with E-state index in [0.717, 1.165) is 11.5 Å². The molecule has 1 N–H and O–H groups in total. The molecule has 1 fully saturated rings. The maximum atomic E-state index is 12.9. The van der Waals surface area contributed by atoms with Gasteiger partial charge in [-0.3, -0.25) is 4.79 Å². The number of imidazole rings is 1. The third-order valence-electron chi connectivity index (χ3n) is 4.03. The predicted molar refractivity (Wildman–Crippen MR) is 83.3 cm³/mol. The molecular formula is C16H22N4O3. The lowest BCUT2D eigenvalue weighted by atomic mass is 10.0. The molecule has 0 radical (unpaired) electrons. The van der Waals surface area contributed by atoms with Gasteiger partial charge < -0.3 is 19.1 Å². The summed E-state index contributed by atoms with van der Waals surface area (Å²) in [7, 11) is 0. The van der Waals surface area contributed by atoms with Crippen LogP contribution in [-0.2, 0) is 4.74 Å². The van der Waals surface area contributed by atoms with Crippen molar-refractivity contribution in [3.05, 3.63) is 34.7 Å². The second-order valence-electron chi connectivity index (χ2n) is 6.22. The summed E-state index contributed by atoms with van der Waals surface area (Å²) in [6.45, 7) is 9.23. The SMILES string of the molecule is Cc1cnc([C@@H]2CN(C(=O)c3c(C(C)C)noc3C)CCO2)[nH]1. The number of aromatic amines is 1.